The Morgan fingerprint density at radius 3 is 1.84 bits per heavy atom. The summed E-state index contributed by atoms with van der Waals surface area (Å²) in [5, 5.41) is 19.6. The summed E-state index contributed by atoms with van der Waals surface area (Å²) in [4.78, 5) is 57.6. The number of nitro groups is 1. The second-order valence-electron chi connectivity index (χ2n) is 7.57. The Morgan fingerprint density at radius 1 is 0.757 bits per heavy atom. The maximum Gasteiger partial charge on any atom is 0.343 e. The minimum atomic E-state index is -0.987. The number of carbonyl (C=O) groups excluding carboxylic acids is 4. The van der Waals surface area contributed by atoms with E-state index in [-0.39, 0.29) is 22.9 Å². The summed E-state index contributed by atoms with van der Waals surface area (Å²) in [7, 11) is 0. The van der Waals surface area contributed by atoms with E-state index >= 15 is 0 Å². The van der Waals surface area contributed by atoms with Gasteiger partial charge in [0.05, 0.1) is 16.2 Å². The quantitative estimate of drug-likeness (QED) is 0.111. The van der Waals surface area contributed by atoms with Gasteiger partial charge in [0.15, 0.2) is 0 Å². The largest absolute Gasteiger partial charge is 0.423 e. The van der Waals surface area contributed by atoms with E-state index in [0.717, 1.165) is 0 Å². The second-order valence-corrected chi connectivity index (χ2v) is 7.57. The average molecular weight is 503 g/mol. The van der Waals surface area contributed by atoms with Crippen LogP contribution in [0.4, 0.5) is 17.1 Å². The molecule has 0 bridgehead atoms. The van der Waals surface area contributed by atoms with Crippen LogP contribution in [0, 0.1) is 10.1 Å². The van der Waals surface area contributed by atoms with E-state index in [9.17, 15) is 29.3 Å². The van der Waals surface area contributed by atoms with E-state index in [1.165, 1.54) is 55.5 Å². The highest BCUT2D eigenvalue weighted by molar-refractivity contribution is 6.39. The molecule has 0 saturated carbocycles. The molecule has 0 aliphatic rings. The Bertz CT molecular complexity index is 1370. The van der Waals surface area contributed by atoms with Gasteiger partial charge in [0.2, 0.25) is 5.91 Å². The van der Waals surface area contributed by atoms with Crippen LogP contribution >= 0.6 is 0 Å². The summed E-state index contributed by atoms with van der Waals surface area (Å²) in [6.45, 7) is 2.98. The van der Waals surface area contributed by atoms with Crippen LogP contribution in [0.2, 0.25) is 0 Å². The van der Waals surface area contributed by atoms with Crippen molar-refractivity contribution in [3.05, 3.63) is 94.0 Å². The third-order valence-corrected chi connectivity index (χ3v) is 4.79. The molecule has 0 unspecified atom stereocenters. The first-order valence-corrected chi connectivity index (χ1v) is 10.7. The van der Waals surface area contributed by atoms with Crippen molar-refractivity contribution < 1.29 is 28.8 Å². The summed E-state index contributed by atoms with van der Waals surface area (Å²) < 4.78 is 5.26. The lowest BCUT2D eigenvalue weighted by molar-refractivity contribution is -0.384. The van der Waals surface area contributed by atoms with E-state index in [1.54, 1.807) is 31.2 Å². The fourth-order valence-corrected chi connectivity index (χ4v) is 2.93. The molecule has 37 heavy (non-hydrogen) atoms. The first kappa shape index (κ1) is 26.2. The number of benzene rings is 3. The van der Waals surface area contributed by atoms with Crippen molar-refractivity contribution in [2.24, 2.45) is 5.10 Å². The number of rotatable bonds is 7. The Kier molecular flexibility index (Phi) is 8.39. The van der Waals surface area contributed by atoms with Crippen LogP contribution in [-0.2, 0) is 14.4 Å². The number of hydrogen-bond donors (Lipinski definition) is 3. The number of anilines is 2. The Hall–Kier alpha value is -5.39. The van der Waals surface area contributed by atoms with Crippen LogP contribution in [0.1, 0.15) is 29.8 Å². The number of esters is 1. The highest BCUT2D eigenvalue weighted by Gasteiger charge is 2.14. The average Bonchev–Trinajstić information content (AvgIpc) is 2.88. The fraction of sp³-hybridized carbons (Fsp3) is 0.0800. The number of non-ortho nitro benzene ring substituents is 1. The summed E-state index contributed by atoms with van der Waals surface area (Å²) in [5.41, 5.74) is 4.04. The van der Waals surface area contributed by atoms with Gasteiger partial charge in [-0.15, -0.1) is 0 Å². The molecular formula is C25H21N5O7. The number of hydrogen-bond acceptors (Lipinski definition) is 8. The van der Waals surface area contributed by atoms with Crippen molar-refractivity contribution in [1.82, 2.24) is 5.43 Å². The summed E-state index contributed by atoms with van der Waals surface area (Å²) in [6.07, 6.45) is 0. The van der Waals surface area contributed by atoms with Crippen molar-refractivity contribution in [1.29, 1.82) is 0 Å². The normalized spacial score (nSPS) is 10.7. The number of ether oxygens (including phenoxy) is 1. The highest BCUT2D eigenvalue weighted by atomic mass is 16.6. The van der Waals surface area contributed by atoms with Gasteiger partial charge in [0.25, 0.3) is 5.69 Å². The zero-order valence-electron chi connectivity index (χ0n) is 19.7. The molecule has 12 nitrogen and oxygen atoms in total. The zero-order chi connectivity index (χ0) is 26.9. The number of amides is 3. The molecule has 12 heteroatoms. The SMILES string of the molecule is CC(=O)Nc1ccc(NC(=O)C(=O)NN=C(C)c2ccc(OC(=O)c3ccc([N+](=O)[O-])cc3)cc2)cc1. The van der Waals surface area contributed by atoms with Crippen LogP contribution in [0.5, 0.6) is 5.75 Å². The van der Waals surface area contributed by atoms with E-state index in [1.807, 2.05) is 0 Å². The lowest BCUT2D eigenvalue weighted by atomic mass is 10.1. The minimum Gasteiger partial charge on any atom is -0.423 e. The van der Waals surface area contributed by atoms with Gasteiger partial charge in [-0.3, -0.25) is 24.5 Å². The molecule has 0 atom stereocenters. The van der Waals surface area contributed by atoms with Crippen molar-refractivity contribution in [3.63, 3.8) is 0 Å². The van der Waals surface area contributed by atoms with Gasteiger partial charge in [-0.2, -0.15) is 5.10 Å². The summed E-state index contributed by atoms with van der Waals surface area (Å²) in [6, 6.07) is 17.4. The van der Waals surface area contributed by atoms with Gasteiger partial charge in [0.1, 0.15) is 5.75 Å². The van der Waals surface area contributed by atoms with Gasteiger partial charge < -0.3 is 15.4 Å². The molecule has 0 saturated heterocycles. The van der Waals surface area contributed by atoms with E-state index in [2.05, 4.69) is 21.2 Å². The van der Waals surface area contributed by atoms with Gasteiger partial charge in [-0.05, 0) is 73.2 Å². The van der Waals surface area contributed by atoms with E-state index in [0.29, 0.717) is 22.6 Å². The van der Waals surface area contributed by atoms with Crippen LogP contribution in [0.3, 0.4) is 0 Å². The predicted octanol–water partition coefficient (Wildman–Crippen LogP) is 3.25. The number of carbonyl (C=O) groups is 4. The van der Waals surface area contributed by atoms with Crippen LogP contribution in [0.25, 0.3) is 0 Å². The summed E-state index contributed by atoms with van der Waals surface area (Å²) >= 11 is 0. The molecule has 3 amide bonds. The standard InChI is InChI=1S/C25H21N5O7/c1-15(28-29-24(33)23(32)27-20-9-7-19(8-10-20)26-16(2)31)17-5-13-22(14-6-17)37-25(34)18-3-11-21(12-4-18)30(35)36/h3-14H,1-2H3,(H,26,31)(H,27,32)(H,29,33). The molecule has 0 aromatic heterocycles. The number of nitrogens with zero attached hydrogens (tertiary/aromatic N) is 2. The molecule has 0 radical (unpaired) electrons. The lowest BCUT2D eigenvalue weighted by Crippen LogP contribution is -2.32. The smallest absolute Gasteiger partial charge is 0.343 e. The lowest BCUT2D eigenvalue weighted by Gasteiger charge is -2.07. The third-order valence-electron chi connectivity index (χ3n) is 4.79. The van der Waals surface area contributed by atoms with Crippen LogP contribution < -0.4 is 20.8 Å². The molecule has 0 aliphatic heterocycles. The van der Waals surface area contributed by atoms with Crippen molar-refractivity contribution in [3.8, 4) is 5.75 Å². The molecule has 0 aliphatic carbocycles. The Labute approximate surface area is 210 Å². The Morgan fingerprint density at radius 2 is 1.30 bits per heavy atom. The number of hydrazone groups is 1. The minimum absolute atomic E-state index is 0.141. The van der Waals surface area contributed by atoms with E-state index in [4.69, 9.17) is 4.74 Å². The number of nitrogens with one attached hydrogen (secondary N) is 3. The van der Waals surface area contributed by atoms with Crippen molar-refractivity contribution in [2.45, 2.75) is 13.8 Å². The molecule has 3 rings (SSSR count). The van der Waals surface area contributed by atoms with Gasteiger partial charge in [0, 0.05) is 30.4 Å². The van der Waals surface area contributed by atoms with Crippen molar-refractivity contribution in [2.75, 3.05) is 10.6 Å². The van der Waals surface area contributed by atoms with Gasteiger partial charge >= 0.3 is 17.8 Å². The van der Waals surface area contributed by atoms with Crippen molar-refractivity contribution >= 4 is 46.5 Å². The van der Waals surface area contributed by atoms with Crippen LogP contribution in [-0.4, -0.2) is 34.3 Å². The molecule has 0 spiro atoms. The second kappa shape index (κ2) is 11.8. The highest BCUT2D eigenvalue weighted by Crippen LogP contribution is 2.17. The fourth-order valence-electron chi connectivity index (χ4n) is 2.93. The maximum atomic E-state index is 12.2. The van der Waals surface area contributed by atoms with Crippen LogP contribution in [0.15, 0.2) is 77.9 Å². The molecule has 3 aromatic rings. The van der Waals surface area contributed by atoms with Gasteiger partial charge in [-0.25, -0.2) is 10.2 Å². The predicted molar refractivity (Wildman–Crippen MR) is 134 cm³/mol. The maximum absolute atomic E-state index is 12.2. The molecule has 3 aromatic carbocycles. The first-order valence-electron chi connectivity index (χ1n) is 10.7. The molecule has 188 valence electrons. The first-order chi connectivity index (χ1) is 17.6. The molecule has 0 fully saturated rings. The monoisotopic (exact) mass is 503 g/mol. The Balaban J connectivity index is 1.53. The summed E-state index contributed by atoms with van der Waals surface area (Å²) in [5.74, 6) is -2.61. The van der Waals surface area contributed by atoms with Gasteiger partial charge in [-0.1, -0.05) is 0 Å². The zero-order valence-corrected chi connectivity index (χ0v) is 19.7. The molecular weight excluding hydrogens is 482 g/mol. The van der Waals surface area contributed by atoms with E-state index < -0.39 is 22.7 Å². The molecule has 3 N–H and O–H groups in total. The molecule has 0 heterocycles. The third kappa shape index (κ3) is 7.55. The number of nitro benzene ring substituents is 1. The topological polar surface area (TPSA) is 169 Å².